The monoisotopic (exact) mass is 1050 g/mol. The average Bonchev–Trinajstić information content (AvgIpc) is 3.90. The van der Waals surface area contributed by atoms with Crippen molar-refractivity contribution in [2.45, 2.75) is 91.9 Å². The fourth-order valence-electron chi connectivity index (χ4n) is 8.88. The van der Waals surface area contributed by atoms with Gasteiger partial charge in [0.05, 0.1) is 22.4 Å². The van der Waals surface area contributed by atoms with Gasteiger partial charge in [-0.05, 0) is 104 Å². The zero-order valence-corrected chi connectivity index (χ0v) is 42.7. The molecular formula is C62H59IrN3O-2. The van der Waals surface area contributed by atoms with Crippen LogP contribution < -0.4 is 0 Å². The number of nitrogens with zero attached hydrogens (tertiary/aromatic N) is 3. The number of imidazole rings is 1. The van der Waals surface area contributed by atoms with E-state index >= 15 is 0 Å². The van der Waals surface area contributed by atoms with Gasteiger partial charge in [0.2, 0.25) is 0 Å². The number of aromatic nitrogens is 3. The van der Waals surface area contributed by atoms with Gasteiger partial charge >= 0.3 is 0 Å². The molecule has 0 atom stereocenters. The molecule has 10 rings (SSSR count). The number of fused-ring (bicyclic) bond motifs is 4. The zero-order chi connectivity index (χ0) is 46.3. The molecule has 7 aromatic carbocycles. The largest absolute Gasteiger partial charge is 0.501 e. The Labute approximate surface area is 410 Å². The summed E-state index contributed by atoms with van der Waals surface area (Å²) in [4.78, 5) is 9.81. The predicted molar refractivity (Wildman–Crippen MR) is 278 cm³/mol. The molecule has 0 aliphatic heterocycles. The van der Waals surface area contributed by atoms with Crippen LogP contribution in [0.15, 0.2) is 168 Å². The van der Waals surface area contributed by atoms with Crippen molar-refractivity contribution < 1.29 is 24.5 Å². The van der Waals surface area contributed by atoms with Crippen LogP contribution in [0.4, 0.5) is 0 Å². The van der Waals surface area contributed by atoms with Gasteiger partial charge in [-0.1, -0.05) is 171 Å². The van der Waals surface area contributed by atoms with Gasteiger partial charge in [0.15, 0.2) is 0 Å². The van der Waals surface area contributed by atoms with E-state index in [-0.39, 0.29) is 42.8 Å². The van der Waals surface area contributed by atoms with Crippen LogP contribution in [0.2, 0.25) is 0 Å². The van der Waals surface area contributed by atoms with Crippen molar-refractivity contribution in [2.24, 2.45) is 0 Å². The molecule has 5 heteroatoms. The molecule has 0 unspecified atom stereocenters. The Bertz CT molecular complexity index is 3240. The summed E-state index contributed by atoms with van der Waals surface area (Å²) in [6, 6.07) is 62.4. The molecule has 0 aliphatic rings. The van der Waals surface area contributed by atoms with Crippen molar-refractivity contribution in [3.05, 3.63) is 198 Å². The summed E-state index contributed by atoms with van der Waals surface area (Å²) < 4.78 is 9.10. The van der Waals surface area contributed by atoms with Gasteiger partial charge in [0, 0.05) is 37.4 Å². The van der Waals surface area contributed by atoms with E-state index in [4.69, 9.17) is 9.40 Å². The van der Waals surface area contributed by atoms with Crippen LogP contribution in [0.1, 0.15) is 103 Å². The second-order valence-electron chi connectivity index (χ2n) is 20.1. The van der Waals surface area contributed by atoms with Gasteiger partial charge in [-0.15, -0.1) is 53.6 Å². The molecule has 0 fully saturated rings. The second-order valence-corrected chi connectivity index (χ2v) is 20.1. The van der Waals surface area contributed by atoms with Crippen molar-refractivity contribution in [2.75, 3.05) is 0 Å². The van der Waals surface area contributed by atoms with E-state index in [1.54, 1.807) is 0 Å². The van der Waals surface area contributed by atoms with Gasteiger partial charge in [-0.25, -0.2) is 0 Å². The minimum atomic E-state index is 0. The zero-order valence-electron chi connectivity index (χ0n) is 40.3. The maximum atomic E-state index is 6.73. The smallest absolute Gasteiger partial charge is 0.121 e. The molecule has 10 aromatic rings. The first-order chi connectivity index (χ1) is 31.7. The SMILES string of the molecule is CC(C)(C)c1cc[c-]c(-c2cc(C(C)(C)C)ccn2)c1.CC(C)c1cc(-c2ccccc2)cc(C(C)C)c1-n1c(-c2[c-]ccc3c2oc2cc(-c4ccccc4)ccc23)nc2ccccc21.[Ir]. The molecule has 339 valence electrons. The van der Waals surface area contributed by atoms with Crippen LogP contribution >= 0.6 is 0 Å². The van der Waals surface area contributed by atoms with Gasteiger partial charge in [-0.2, -0.15) is 0 Å². The number of rotatable bonds is 7. The number of hydrogen-bond donors (Lipinski definition) is 0. The van der Waals surface area contributed by atoms with Gasteiger partial charge in [0.25, 0.3) is 0 Å². The molecule has 3 heterocycles. The van der Waals surface area contributed by atoms with Crippen LogP contribution in [-0.4, -0.2) is 14.5 Å². The van der Waals surface area contributed by atoms with Crippen LogP contribution in [0, 0.1) is 12.1 Å². The van der Waals surface area contributed by atoms with E-state index in [1.165, 1.54) is 44.6 Å². The third-order valence-corrected chi connectivity index (χ3v) is 12.6. The van der Waals surface area contributed by atoms with Crippen molar-refractivity contribution >= 4 is 33.0 Å². The predicted octanol–water partition coefficient (Wildman–Crippen LogP) is 17.1. The Balaban J connectivity index is 0.000000244. The van der Waals surface area contributed by atoms with Gasteiger partial charge < -0.3 is 14.0 Å². The molecule has 0 saturated carbocycles. The number of para-hydroxylation sites is 2. The summed E-state index contributed by atoms with van der Waals surface area (Å²) in [6.07, 6.45) is 1.90. The topological polar surface area (TPSA) is 43.9 Å². The molecule has 1 radical (unpaired) electrons. The summed E-state index contributed by atoms with van der Waals surface area (Å²) in [7, 11) is 0. The van der Waals surface area contributed by atoms with E-state index in [1.807, 2.05) is 24.4 Å². The molecule has 0 saturated heterocycles. The van der Waals surface area contributed by atoms with Crippen molar-refractivity contribution in [3.63, 3.8) is 0 Å². The molecule has 67 heavy (non-hydrogen) atoms. The molecule has 3 aromatic heterocycles. The van der Waals surface area contributed by atoms with Crippen LogP contribution in [0.5, 0.6) is 0 Å². The van der Waals surface area contributed by atoms with Crippen LogP contribution in [0.3, 0.4) is 0 Å². The van der Waals surface area contributed by atoms with Gasteiger partial charge in [0.1, 0.15) is 5.58 Å². The normalized spacial score (nSPS) is 11.9. The minimum Gasteiger partial charge on any atom is -0.501 e. The Hall–Kier alpha value is -6.39. The van der Waals surface area contributed by atoms with Crippen molar-refractivity contribution in [3.8, 4) is 50.6 Å². The number of furan rings is 1. The second kappa shape index (κ2) is 19.1. The quantitative estimate of drug-likeness (QED) is 0.149. The third kappa shape index (κ3) is 9.59. The van der Waals surface area contributed by atoms with Crippen LogP contribution in [-0.2, 0) is 30.9 Å². The molecule has 0 bridgehead atoms. The average molecular weight is 1050 g/mol. The van der Waals surface area contributed by atoms with E-state index in [0.29, 0.717) is 0 Å². The van der Waals surface area contributed by atoms with Crippen LogP contribution in [0.25, 0.3) is 83.6 Å². The summed E-state index contributed by atoms with van der Waals surface area (Å²) in [5.74, 6) is 1.41. The number of pyridine rings is 1. The number of hydrogen-bond acceptors (Lipinski definition) is 3. The van der Waals surface area contributed by atoms with Crippen molar-refractivity contribution in [1.29, 1.82) is 0 Å². The maximum absolute atomic E-state index is 6.73. The van der Waals surface area contributed by atoms with Crippen molar-refractivity contribution in [1.82, 2.24) is 14.5 Å². The first-order valence-electron chi connectivity index (χ1n) is 23.3. The third-order valence-electron chi connectivity index (χ3n) is 12.6. The minimum absolute atomic E-state index is 0. The molecular weight excluding hydrogens is 995 g/mol. The van der Waals surface area contributed by atoms with E-state index < -0.39 is 0 Å². The Kier molecular flexibility index (Phi) is 13.4. The fourth-order valence-corrected chi connectivity index (χ4v) is 8.88. The molecule has 0 N–H and O–H groups in total. The Morgan fingerprint density at radius 1 is 0.552 bits per heavy atom. The summed E-state index contributed by atoms with van der Waals surface area (Å²) in [5, 5.41) is 2.15. The van der Waals surface area contributed by atoms with Gasteiger partial charge in [-0.3, -0.25) is 4.98 Å². The molecule has 0 spiro atoms. The first-order valence-corrected chi connectivity index (χ1v) is 23.3. The standard InChI is InChI=1S/C43H35N2O.C19H24N.Ir/c1-27(2)36-24-32(30-16-9-6-10-17-30)25-37(28(3)4)41(36)45-39-21-12-11-20-38(39)44-43(45)35-19-13-18-34-33-23-22-31(26-40(33)46-42(34)35)29-14-7-5-8-15-29;1-18(2,3)15-9-7-8-14(12-15)17-13-16(10-11-20-17)19(4,5)6;/h5-18,20-28H,1-4H3;7,9-13H,1-6H3;/q2*-1;. The maximum Gasteiger partial charge on any atom is 0.121 e. The first kappa shape index (κ1) is 47.1. The van der Waals surface area contributed by atoms with E-state index in [9.17, 15) is 0 Å². The molecule has 0 amide bonds. The van der Waals surface area contributed by atoms with E-state index in [0.717, 1.165) is 61.2 Å². The number of benzene rings is 7. The fraction of sp³-hybridized carbons (Fsp3) is 0.226. The molecule has 0 aliphatic carbocycles. The Morgan fingerprint density at radius 2 is 1.15 bits per heavy atom. The Morgan fingerprint density at radius 3 is 1.79 bits per heavy atom. The van der Waals surface area contributed by atoms with E-state index in [2.05, 4.69) is 230 Å². The molecule has 4 nitrogen and oxygen atoms in total. The summed E-state index contributed by atoms with van der Waals surface area (Å²) in [6.45, 7) is 22.5. The summed E-state index contributed by atoms with van der Waals surface area (Å²) >= 11 is 0. The summed E-state index contributed by atoms with van der Waals surface area (Å²) in [5.41, 5.74) is 18.1.